The van der Waals surface area contributed by atoms with E-state index in [1.807, 2.05) is 17.1 Å². The SMILES string of the molecule is C=CCON1C(=O)N2CC(n3cc(CC)cn3)=CC1C2. The highest BCUT2D eigenvalue weighted by atomic mass is 16.7. The van der Waals surface area contributed by atoms with Crippen molar-refractivity contribution in [3.8, 4) is 0 Å². The maximum Gasteiger partial charge on any atom is 0.345 e. The van der Waals surface area contributed by atoms with Crippen LogP contribution in [0.3, 0.4) is 0 Å². The summed E-state index contributed by atoms with van der Waals surface area (Å²) in [6, 6.07) is -0.147. The van der Waals surface area contributed by atoms with E-state index in [4.69, 9.17) is 4.84 Å². The second-order valence-corrected chi connectivity index (χ2v) is 4.95. The third-order valence-corrected chi connectivity index (χ3v) is 3.58. The molecule has 0 radical (unpaired) electrons. The lowest BCUT2D eigenvalue weighted by atomic mass is 10.2. The first-order chi connectivity index (χ1) is 9.72. The maximum atomic E-state index is 12.2. The average Bonchev–Trinajstić information content (AvgIpc) is 3.03. The maximum absolute atomic E-state index is 12.2. The van der Waals surface area contributed by atoms with E-state index in [1.165, 1.54) is 10.6 Å². The molecule has 0 aromatic carbocycles. The lowest BCUT2D eigenvalue weighted by Crippen LogP contribution is -2.33. The van der Waals surface area contributed by atoms with E-state index in [-0.39, 0.29) is 12.1 Å². The van der Waals surface area contributed by atoms with Gasteiger partial charge in [0.15, 0.2) is 0 Å². The molecule has 2 bridgehead atoms. The molecule has 1 unspecified atom stereocenters. The summed E-state index contributed by atoms with van der Waals surface area (Å²) in [5, 5.41) is 5.78. The molecule has 1 saturated heterocycles. The number of aromatic nitrogens is 2. The van der Waals surface area contributed by atoms with Gasteiger partial charge in [0.05, 0.1) is 31.1 Å². The predicted octanol–water partition coefficient (Wildman–Crippen LogP) is 1.52. The molecule has 6 nitrogen and oxygen atoms in total. The van der Waals surface area contributed by atoms with Gasteiger partial charge < -0.3 is 4.90 Å². The van der Waals surface area contributed by atoms with Gasteiger partial charge in [-0.1, -0.05) is 13.0 Å². The van der Waals surface area contributed by atoms with E-state index >= 15 is 0 Å². The number of fused-ring (bicyclic) bond motifs is 2. The highest BCUT2D eigenvalue weighted by molar-refractivity contribution is 5.80. The highest BCUT2D eigenvalue weighted by Gasteiger charge is 2.41. The number of hydroxylamine groups is 2. The molecule has 2 aliphatic heterocycles. The number of rotatable bonds is 5. The minimum Gasteiger partial charge on any atom is -0.314 e. The first kappa shape index (κ1) is 12.9. The van der Waals surface area contributed by atoms with Gasteiger partial charge in [0, 0.05) is 12.7 Å². The van der Waals surface area contributed by atoms with Crippen LogP contribution in [0.4, 0.5) is 4.79 Å². The summed E-state index contributed by atoms with van der Waals surface area (Å²) in [6.45, 7) is 7.26. The number of hydrogen-bond donors (Lipinski definition) is 0. The van der Waals surface area contributed by atoms with Gasteiger partial charge in [-0.15, -0.1) is 6.58 Å². The normalized spacial score (nSPS) is 21.4. The van der Waals surface area contributed by atoms with Crippen molar-refractivity contribution in [1.82, 2.24) is 19.7 Å². The molecule has 20 heavy (non-hydrogen) atoms. The molecule has 1 aromatic rings. The Labute approximate surface area is 117 Å². The van der Waals surface area contributed by atoms with Crippen molar-refractivity contribution < 1.29 is 9.63 Å². The van der Waals surface area contributed by atoms with Crippen LogP contribution in [-0.4, -0.2) is 51.5 Å². The fourth-order valence-electron chi connectivity index (χ4n) is 2.51. The molecular weight excluding hydrogens is 256 g/mol. The number of carbonyl (C=O) groups is 1. The topological polar surface area (TPSA) is 50.6 Å². The first-order valence-corrected chi connectivity index (χ1v) is 6.79. The van der Waals surface area contributed by atoms with Crippen molar-refractivity contribution in [2.24, 2.45) is 0 Å². The van der Waals surface area contributed by atoms with Gasteiger partial charge in [-0.25, -0.2) is 9.48 Å². The molecule has 6 heteroatoms. The van der Waals surface area contributed by atoms with Crippen molar-refractivity contribution in [3.63, 3.8) is 0 Å². The number of hydrogen-bond acceptors (Lipinski definition) is 3. The van der Waals surface area contributed by atoms with Crippen molar-refractivity contribution in [3.05, 3.63) is 36.7 Å². The van der Waals surface area contributed by atoms with Crippen LogP contribution in [0.2, 0.25) is 0 Å². The average molecular weight is 274 g/mol. The molecule has 106 valence electrons. The Balaban J connectivity index is 1.82. The van der Waals surface area contributed by atoms with E-state index in [0.29, 0.717) is 19.7 Å². The monoisotopic (exact) mass is 274 g/mol. The third kappa shape index (κ3) is 2.12. The van der Waals surface area contributed by atoms with E-state index in [0.717, 1.165) is 12.1 Å². The van der Waals surface area contributed by atoms with Crippen molar-refractivity contribution in [2.75, 3.05) is 19.7 Å². The fraction of sp³-hybridized carbons (Fsp3) is 0.429. The number of aryl methyl sites for hydroxylation is 1. The summed E-state index contributed by atoms with van der Waals surface area (Å²) < 4.78 is 1.85. The van der Waals surface area contributed by atoms with Crippen LogP contribution < -0.4 is 0 Å². The minimum atomic E-state index is -0.0917. The largest absolute Gasteiger partial charge is 0.345 e. The molecule has 1 fully saturated rings. The van der Waals surface area contributed by atoms with Gasteiger partial charge in [-0.2, -0.15) is 10.2 Å². The quantitative estimate of drug-likeness (QED) is 0.765. The Morgan fingerprint density at radius 3 is 3.15 bits per heavy atom. The van der Waals surface area contributed by atoms with E-state index in [1.54, 1.807) is 11.0 Å². The molecule has 0 saturated carbocycles. The third-order valence-electron chi connectivity index (χ3n) is 3.58. The van der Waals surface area contributed by atoms with Crippen molar-refractivity contribution in [1.29, 1.82) is 0 Å². The summed E-state index contributed by atoms with van der Waals surface area (Å²) in [5.41, 5.74) is 2.20. The van der Waals surface area contributed by atoms with Gasteiger partial charge in [0.25, 0.3) is 0 Å². The minimum absolute atomic E-state index is 0.0551. The first-order valence-electron chi connectivity index (χ1n) is 6.79. The number of urea groups is 1. The molecule has 0 N–H and O–H groups in total. The summed E-state index contributed by atoms with van der Waals surface area (Å²) in [7, 11) is 0. The molecule has 1 atom stereocenters. The Kier molecular flexibility index (Phi) is 3.31. The standard InChI is InChI=1S/C14H18N4O2/c1-3-5-20-18-13-6-12(9-16(10-13)14(18)19)17-8-11(4-2)7-15-17/h3,6-8,13H,1,4-5,9-10H2,2H3. The zero-order valence-corrected chi connectivity index (χ0v) is 11.5. The number of nitrogens with zero attached hydrogens (tertiary/aromatic N) is 4. The van der Waals surface area contributed by atoms with E-state index in [2.05, 4.69) is 24.7 Å². The smallest absolute Gasteiger partial charge is 0.314 e. The van der Waals surface area contributed by atoms with Crippen LogP contribution >= 0.6 is 0 Å². The molecular formula is C14H18N4O2. The van der Waals surface area contributed by atoms with Gasteiger partial charge >= 0.3 is 6.03 Å². The second kappa shape index (κ2) is 5.13. The van der Waals surface area contributed by atoms with Crippen LogP contribution in [0.25, 0.3) is 5.70 Å². The van der Waals surface area contributed by atoms with Crippen LogP contribution in [-0.2, 0) is 11.3 Å². The van der Waals surface area contributed by atoms with Gasteiger partial charge in [-0.05, 0) is 18.1 Å². The molecule has 2 amide bonds. The Morgan fingerprint density at radius 2 is 2.45 bits per heavy atom. The highest BCUT2D eigenvalue weighted by Crippen LogP contribution is 2.26. The van der Waals surface area contributed by atoms with Crippen molar-refractivity contribution >= 4 is 11.7 Å². The predicted molar refractivity (Wildman–Crippen MR) is 74.6 cm³/mol. The zero-order valence-electron chi connectivity index (χ0n) is 11.5. The molecule has 2 aliphatic rings. The number of amides is 2. The lowest BCUT2D eigenvalue weighted by molar-refractivity contribution is -0.107. The summed E-state index contributed by atoms with van der Waals surface area (Å²) in [5.74, 6) is 0. The van der Waals surface area contributed by atoms with Crippen LogP contribution in [0, 0.1) is 0 Å². The van der Waals surface area contributed by atoms with Crippen molar-refractivity contribution in [2.45, 2.75) is 19.4 Å². The summed E-state index contributed by atoms with van der Waals surface area (Å²) in [4.78, 5) is 19.4. The van der Waals surface area contributed by atoms with E-state index < -0.39 is 0 Å². The van der Waals surface area contributed by atoms with Crippen LogP contribution in [0.1, 0.15) is 12.5 Å². The lowest BCUT2D eigenvalue weighted by Gasteiger charge is -2.21. The van der Waals surface area contributed by atoms with Gasteiger partial charge in [0.2, 0.25) is 0 Å². The van der Waals surface area contributed by atoms with Gasteiger partial charge in [-0.3, -0.25) is 4.84 Å². The van der Waals surface area contributed by atoms with Crippen LogP contribution in [0.15, 0.2) is 31.1 Å². The molecule has 0 aliphatic carbocycles. The number of carbonyl (C=O) groups excluding carboxylic acids is 1. The fourth-order valence-corrected chi connectivity index (χ4v) is 2.51. The summed E-state index contributed by atoms with van der Waals surface area (Å²) >= 11 is 0. The molecule has 3 rings (SSSR count). The Morgan fingerprint density at radius 1 is 1.60 bits per heavy atom. The Bertz CT molecular complexity index is 563. The second-order valence-electron chi connectivity index (χ2n) is 4.95. The molecule has 3 heterocycles. The Hall–Kier alpha value is -2.08. The van der Waals surface area contributed by atoms with E-state index in [9.17, 15) is 4.79 Å². The van der Waals surface area contributed by atoms with Crippen LogP contribution in [0.5, 0.6) is 0 Å². The zero-order chi connectivity index (χ0) is 14.1. The molecule has 0 spiro atoms. The van der Waals surface area contributed by atoms with Gasteiger partial charge in [0.1, 0.15) is 0 Å². The summed E-state index contributed by atoms with van der Waals surface area (Å²) in [6.07, 6.45) is 8.51. The molecule has 1 aromatic heterocycles.